The van der Waals surface area contributed by atoms with Gasteiger partial charge in [-0.1, -0.05) is 12.1 Å². The summed E-state index contributed by atoms with van der Waals surface area (Å²) < 4.78 is 32.5. The Bertz CT molecular complexity index is 904. The van der Waals surface area contributed by atoms with Crippen LogP contribution in [0.4, 0.5) is 31.9 Å². The number of aromatic nitrogens is 3. The van der Waals surface area contributed by atoms with Gasteiger partial charge in [-0.3, -0.25) is 0 Å². The molecule has 0 radical (unpaired) electrons. The van der Waals surface area contributed by atoms with Crippen LogP contribution >= 0.6 is 0 Å². The first-order chi connectivity index (χ1) is 12.5. The lowest BCUT2D eigenvalue weighted by Gasteiger charge is -2.15. The Hall–Kier alpha value is -3.29. The highest BCUT2D eigenvalue weighted by atomic mass is 19.1. The summed E-state index contributed by atoms with van der Waals surface area (Å²) in [4.78, 5) is 4.24. The minimum absolute atomic E-state index is 0.0140. The zero-order valence-electron chi connectivity index (χ0n) is 14.2. The van der Waals surface area contributed by atoms with Gasteiger partial charge in [0.15, 0.2) is 5.82 Å². The molecule has 0 fully saturated rings. The monoisotopic (exact) mass is 357 g/mol. The van der Waals surface area contributed by atoms with E-state index in [4.69, 9.17) is 4.74 Å². The molecule has 0 aliphatic heterocycles. The second kappa shape index (κ2) is 7.73. The van der Waals surface area contributed by atoms with Gasteiger partial charge in [0.25, 0.3) is 0 Å². The van der Waals surface area contributed by atoms with Gasteiger partial charge < -0.3 is 15.4 Å². The average molecular weight is 357 g/mol. The summed E-state index contributed by atoms with van der Waals surface area (Å²) in [6, 6.07) is 10.6. The fraction of sp³-hybridized carbons (Fsp3) is 0.167. The quantitative estimate of drug-likeness (QED) is 0.680. The Morgan fingerprint density at radius 2 is 1.81 bits per heavy atom. The van der Waals surface area contributed by atoms with E-state index in [0.717, 1.165) is 12.1 Å². The first kappa shape index (κ1) is 17.5. The van der Waals surface area contributed by atoms with Crippen molar-refractivity contribution in [2.75, 3.05) is 10.6 Å². The smallest absolute Gasteiger partial charge is 0.249 e. The standard InChI is InChI=1S/C18H17F2N5O/c1-11(2)26-16-6-4-3-5-15(16)22-17-10-21-25-18(24-17)23-14-8-7-12(19)9-13(14)20/h3-11H,1-2H3,(H2,22,23,24,25). The lowest BCUT2D eigenvalue weighted by atomic mass is 10.3. The Balaban J connectivity index is 1.80. The van der Waals surface area contributed by atoms with Crippen molar-refractivity contribution in [3.63, 3.8) is 0 Å². The van der Waals surface area contributed by atoms with Crippen molar-refractivity contribution in [3.05, 3.63) is 60.3 Å². The molecule has 6 nitrogen and oxygen atoms in total. The molecule has 3 rings (SSSR count). The molecule has 0 saturated carbocycles. The van der Waals surface area contributed by atoms with Crippen LogP contribution in [-0.2, 0) is 0 Å². The third-order valence-electron chi connectivity index (χ3n) is 3.25. The Labute approximate surface area is 149 Å². The van der Waals surface area contributed by atoms with Crippen LogP contribution in [0.2, 0.25) is 0 Å². The van der Waals surface area contributed by atoms with E-state index in [2.05, 4.69) is 25.8 Å². The molecule has 1 heterocycles. The number of rotatable bonds is 6. The molecule has 2 N–H and O–H groups in total. The number of nitrogens with one attached hydrogen (secondary N) is 2. The molecule has 8 heteroatoms. The number of halogens is 2. The molecular weight excluding hydrogens is 340 g/mol. The molecule has 134 valence electrons. The van der Waals surface area contributed by atoms with E-state index in [-0.39, 0.29) is 17.7 Å². The Morgan fingerprint density at radius 3 is 2.58 bits per heavy atom. The maximum absolute atomic E-state index is 13.7. The zero-order chi connectivity index (χ0) is 18.5. The minimum atomic E-state index is -0.748. The van der Waals surface area contributed by atoms with Crippen molar-refractivity contribution < 1.29 is 13.5 Å². The fourth-order valence-electron chi connectivity index (χ4n) is 2.19. The molecule has 1 aromatic heterocycles. The van der Waals surface area contributed by atoms with E-state index in [1.807, 2.05) is 38.1 Å². The number of anilines is 4. The first-order valence-corrected chi connectivity index (χ1v) is 7.96. The van der Waals surface area contributed by atoms with E-state index >= 15 is 0 Å². The van der Waals surface area contributed by atoms with Crippen LogP contribution in [-0.4, -0.2) is 21.3 Å². The Kier molecular flexibility index (Phi) is 5.21. The maximum Gasteiger partial charge on any atom is 0.249 e. The van der Waals surface area contributed by atoms with Gasteiger partial charge in [-0.25, -0.2) is 8.78 Å². The van der Waals surface area contributed by atoms with Crippen molar-refractivity contribution in [2.45, 2.75) is 20.0 Å². The molecule has 26 heavy (non-hydrogen) atoms. The number of para-hydroxylation sites is 2. The van der Waals surface area contributed by atoms with Gasteiger partial charge in [0.05, 0.1) is 23.7 Å². The summed E-state index contributed by atoms with van der Waals surface area (Å²) >= 11 is 0. The maximum atomic E-state index is 13.7. The highest BCUT2D eigenvalue weighted by Crippen LogP contribution is 2.27. The second-order valence-electron chi connectivity index (χ2n) is 5.70. The van der Waals surface area contributed by atoms with Crippen LogP contribution < -0.4 is 15.4 Å². The van der Waals surface area contributed by atoms with Gasteiger partial charge in [-0.05, 0) is 38.1 Å². The summed E-state index contributed by atoms with van der Waals surface area (Å²) in [6.45, 7) is 3.87. The number of ether oxygens (including phenoxy) is 1. The molecule has 0 unspecified atom stereocenters. The summed E-state index contributed by atoms with van der Waals surface area (Å²) in [7, 11) is 0. The summed E-state index contributed by atoms with van der Waals surface area (Å²) in [5.74, 6) is -0.278. The molecule has 0 atom stereocenters. The van der Waals surface area contributed by atoms with Crippen LogP contribution in [0.5, 0.6) is 5.75 Å². The normalized spacial score (nSPS) is 10.7. The van der Waals surface area contributed by atoms with Gasteiger partial charge in [0, 0.05) is 6.07 Å². The average Bonchev–Trinajstić information content (AvgIpc) is 2.59. The molecule has 0 aliphatic carbocycles. The van der Waals surface area contributed by atoms with Crippen LogP contribution in [0.15, 0.2) is 48.7 Å². The molecule has 2 aromatic carbocycles. The molecular formula is C18H17F2N5O. The molecule has 0 amide bonds. The summed E-state index contributed by atoms with van der Waals surface area (Å²) in [5, 5.41) is 13.4. The predicted molar refractivity (Wildman–Crippen MR) is 95.0 cm³/mol. The van der Waals surface area contributed by atoms with E-state index in [1.165, 1.54) is 12.3 Å². The van der Waals surface area contributed by atoms with Crippen molar-refractivity contribution in [3.8, 4) is 5.75 Å². The SMILES string of the molecule is CC(C)Oc1ccccc1Nc1cnnc(Nc2ccc(F)cc2F)n1. The molecule has 3 aromatic rings. The van der Waals surface area contributed by atoms with Gasteiger partial charge in [0.2, 0.25) is 5.95 Å². The highest BCUT2D eigenvalue weighted by molar-refractivity contribution is 5.64. The van der Waals surface area contributed by atoms with Crippen molar-refractivity contribution in [1.29, 1.82) is 0 Å². The van der Waals surface area contributed by atoms with Crippen LogP contribution in [0.3, 0.4) is 0 Å². The molecule has 0 aliphatic rings. The van der Waals surface area contributed by atoms with Crippen LogP contribution in [0.1, 0.15) is 13.8 Å². The van der Waals surface area contributed by atoms with Crippen LogP contribution in [0.25, 0.3) is 0 Å². The van der Waals surface area contributed by atoms with Gasteiger partial charge >= 0.3 is 0 Å². The topological polar surface area (TPSA) is 72.0 Å². The number of benzene rings is 2. The molecule has 0 bridgehead atoms. The molecule has 0 spiro atoms. The molecule has 0 saturated heterocycles. The van der Waals surface area contributed by atoms with E-state index in [9.17, 15) is 8.78 Å². The Morgan fingerprint density at radius 1 is 1.00 bits per heavy atom. The van der Waals surface area contributed by atoms with E-state index < -0.39 is 11.6 Å². The van der Waals surface area contributed by atoms with Gasteiger partial charge in [-0.2, -0.15) is 10.1 Å². The lowest BCUT2D eigenvalue weighted by molar-refractivity contribution is 0.244. The predicted octanol–water partition coefficient (Wildman–Crippen LogP) is 4.42. The lowest BCUT2D eigenvalue weighted by Crippen LogP contribution is -2.08. The summed E-state index contributed by atoms with van der Waals surface area (Å²) in [6.07, 6.45) is 1.44. The first-order valence-electron chi connectivity index (χ1n) is 7.96. The number of hydrogen-bond acceptors (Lipinski definition) is 6. The van der Waals surface area contributed by atoms with E-state index in [1.54, 1.807) is 0 Å². The highest BCUT2D eigenvalue weighted by Gasteiger charge is 2.09. The third-order valence-corrected chi connectivity index (χ3v) is 3.25. The van der Waals surface area contributed by atoms with Crippen molar-refractivity contribution >= 4 is 23.1 Å². The van der Waals surface area contributed by atoms with Gasteiger partial charge in [0.1, 0.15) is 17.4 Å². The number of hydrogen-bond donors (Lipinski definition) is 2. The summed E-state index contributed by atoms with van der Waals surface area (Å²) in [5.41, 5.74) is 0.759. The van der Waals surface area contributed by atoms with Crippen LogP contribution in [0, 0.1) is 11.6 Å². The fourth-order valence-corrected chi connectivity index (χ4v) is 2.19. The second-order valence-corrected chi connectivity index (χ2v) is 5.70. The largest absolute Gasteiger partial charge is 0.489 e. The zero-order valence-corrected chi connectivity index (χ0v) is 14.2. The van der Waals surface area contributed by atoms with Crippen molar-refractivity contribution in [1.82, 2.24) is 15.2 Å². The minimum Gasteiger partial charge on any atom is -0.489 e. The third kappa shape index (κ3) is 4.41. The van der Waals surface area contributed by atoms with Gasteiger partial charge in [-0.15, -0.1) is 5.10 Å². The van der Waals surface area contributed by atoms with E-state index in [0.29, 0.717) is 17.3 Å². The number of nitrogens with zero attached hydrogens (tertiary/aromatic N) is 3. The van der Waals surface area contributed by atoms with Crippen molar-refractivity contribution in [2.24, 2.45) is 0 Å².